The summed E-state index contributed by atoms with van der Waals surface area (Å²) in [5.41, 5.74) is 8.50. The number of pyridine rings is 1. The number of aromatic nitrogens is 2. The van der Waals surface area contributed by atoms with Crippen LogP contribution in [0.25, 0.3) is 11.3 Å². The van der Waals surface area contributed by atoms with Gasteiger partial charge in [-0.1, -0.05) is 5.16 Å². The van der Waals surface area contributed by atoms with E-state index in [1.807, 2.05) is 6.92 Å². The van der Waals surface area contributed by atoms with Crippen LogP contribution in [-0.4, -0.2) is 16.0 Å². The standard InChI is InChI=1S/C12H13N3O2/c1-6-4-5-9(12(13)16)11(14-6)10-7(2)15-17-8(10)3/h4-5H,1-3H3,(H2,13,16). The smallest absolute Gasteiger partial charge is 0.250 e. The van der Waals surface area contributed by atoms with E-state index in [1.165, 1.54) is 0 Å². The first-order valence-corrected chi connectivity index (χ1v) is 5.21. The molecule has 2 heterocycles. The highest BCUT2D eigenvalue weighted by Crippen LogP contribution is 2.28. The molecule has 0 fully saturated rings. The van der Waals surface area contributed by atoms with Gasteiger partial charge in [0.1, 0.15) is 5.76 Å². The Balaban J connectivity index is 2.74. The first kappa shape index (κ1) is 11.3. The number of rotatable bonds is 2. The van der Waals surface area contributed by atoms with Crippen LogP contribution >= 0.6 is 0 Å². The van der Waals surface area contributed by atoms with Crippen LogP contribution in [0, 0.1) is 20.8 Å². The summed E-state index contributed by atoms with van der Waals surface area (Å²) in [6.07, 6.45) is 0. The highest BCUT2D eigenvalue weighted by Gasteiger charge is 2.19. The van der Waals surface area contributed by atoms with E-state index in [-0.39, 0.29) is 0 Å². The molecule has 0 unspecified atom stereocenters. The topological polar surface area (TPSA) is 82.0 Å². The number of amides is 1. The fourth-order valence-corrected chi connectivity index (χ4v) is 1.77. The van der Waals surface area contributed by atoms with Gasteiger partial charge in [0.2, 0.25) is 0 Å². The van der Waals surface area contributed by atoms with Crippen molar-refractivity contribution in [2.45, 2.75) is 20.8 Å². The lowest BCUT2D eigenvalue weighted by Crippen LogP contribution is -2.13. The summed E-state index contributed by atoms with van der Waals surface area (Å²) >= 11 is 0. The number of nitrogens with zero attached hydrogens (tertiary/aromatic N) is 2. The van der Waals surface area contributed by atoms with Crippen LogP contribution in [-0.2, 0) is 0 Å². The number of aryl methyl sites for hydroxylation is 3. The third-order valence-electron chi connectivity index (χ3n) is 2.57. The monoisotopic (exact) mass is 231 g/mol. The van der Waals surface area contributed by atoms with Gasteiger partial charge in [-0.25, -0.2) is 0 Å². The van der Waals surface area contributed by atoms with E-state index in [0.29, 0.717) is 22.7 Å². The van der Waals surface area contributed by atoms with E-state index < -0.39 is 5.91 Å². The highest BCUT2D eigenvalue weighted by atomic mass is 16.5. The van der Waals surface area contributed by atoms with Crippen molar-refractivity contribution in [1.82, 2.24) is 10.1 Å². The van der Waals surface area contributed by atoms with Gasteiger partial charge in [0.25, 0.3) is 5.91 Å². The van der Waals surface area contributed by atoms with Crippen LogP contribution in [0.15, 0.2) is 16.7 Å². The Labute approximate surface area is 98.6 Å². The first-order valence-electron chi connectivity index (χ1n) is 5.21. The molecule has 0 atom stereocenters. The Morgan fingerprint density at radius 3 is 2.53 bits per heavy atom. The molecule has 5 nitrogen and oxygen atoms in total. The molecule has 88 valence electrons. The molecule has 0 aliphatic rings. The van der Waals surface area contributed by atoms with E-state index in [0.717, 1.165) is 11.3 Å². The second kappa shape index (κ2) is 4.01. The van der Waals surface area contributed by atoms with Gasteiger partial charge in [-0.05, 0) is 32.9 Å². The summed E-state index contributed by atoms with van der Waals surface area (Å²) in [6.45, 7) is 5.44. The predicted octanol–water partition coefficient (Wildman–Crippen LogP) is 1.76. The van der Waals surface area contributed by atoms with Crippen molar-refractivity contribution in [3.63, 3.8) is 0 Å². The Hall–Kier alpha value is -2.17. The Kier molecular flexibility index (Phi) is 2.67. The maximum atomic E-state index is 11.4. The van der Waals surface area contributed by atoms with Crippen molar-refractivity contribution in [2.24, 2.45) is 5.73 Å². The third kappa shape index (κ3) is 1.91. The lowest BCUT2D eigenvalue weighted by molar-refractivity contribution is 0.100. The van der Waals surface area contributed by atoms with E-state index in [2.05, 4.69) is 10.1 Å². The first-order chi connectivity index (χ1) is 8.00. The second-order valence-corrected chi connectivity index (χ2v) is 3.91. The van der Waals surface area contributed by atoms with Crippen molar-refractivity contribution in [2.75, 3.05) is 0 Å². The Morgan fingerprint density at radius 2 is 2.00 bits per heavy atom. The lowest BCUT2D eigenvalue weighted by Gasteiger charge is -2.06. The number of carbonyl (C=O) groups is 1. The third-order valence-corrected chi connectivity index (χ3v) is 2.57. The van der Waals surface area contributed by atoms with Gasteiger partial charge < -0.3 is 10.3 Å². The molecule has 5 heteroatoms. The van der Waals surface area contributed by atoms with Gasteiger partial charge in [0, 0.05) is 5.69 Å². The second-order valence-electron chi connectivity index (χ2n) is 3.91. The highest BCUT2D eigenvalue weighted by molar-refractivity contribution is 5.99. The van der Waals surface area contributed by atoms with Gasteiger partial charge in [0.05, 0.1) is 22.5 Å². The molecular weight excluding hydrogens is 218 g/mol. The maximum absolute atomic E-state index is 11.4. The molecule has 0 aliphatic carbocycles. The van der Waals surface area contributed by atoms with Crippen molar-refractivity contribution in [3.8, 4) is 11.3 Å². The molecule has 2 rings (SSSR count). The van der Waals surface area contributed by atoms with Crippen LogP contribution in [0.1, 0.15) is 27.5 Å². The zero-order valence-corrected chi connectivity index (χ0v) is 9.94. The zero-order chi connectivity index (χ0) is 12.6. The largest absolute Gasteiger partial charge is 0.366 e. The zero-order valence-electron chi connectivity index (χ0n) is 9.94. The molecule has 0 aliphatic heterocycles. The molecule has 0 spiro atoms. The van der Waals surface area contributed by atoms with E-state index in [9.17, 15) is 4.79 Å². The molecule has 0 bridgehead atoms. The van der Waals surface area contributed by atoms with Crippen molar-refractivity contribution in [3.05, 3.63) is 34.8 Å². The molecule has 0 aromatic carbocycles. The van der Waals surface area contributed by atoms with Crippen molar-refractivity contribution < 1.29 is 9.32 Å². The molecule has 0 saturated heterocycles. The quantitative estimate of drug-likeness (QED) is 0.853. The molecule has 2 N–H and O–H groups in total. The van der Waals surface area contributed by atoms with E-state index in [1.54, 1.807) is 26.0 Å². The molecule has 1 amide bonds. The molecule has 0 saturated carbocycles. The van der Waals surface area contributed by atoms with Crippen LogP contribution in [0.3, 0.4) is 0 Å². The van der Waals surface area contributed by atoms with Gasteiger partial charge in [-0.2, -0.15) is 0 Å². The van der Waals surface area contributed by atoms with E-state index in [4.69, 9.17) is 10.3 Å². The Bertz CT molecular complexity index is 568. The average molecular weight is 231 g/mol. The molecule has 0 radical (unpaired) electrons. The van der Waals surface area contributed by atoms with Crippen molar-refractivity contribution >= 4 is 5.91 Å². The van der Waals surface area contributed by atoms with Crippen molar-refractivity contribution in [1.29, 1.82) is 0 Å². The molecule has 2 aromatic heterocycles. The number of hydrogen-bond donors (Lipinski definition) is 1. The fraction of sp³-hybridized carbons (Fsp3) is 0.250. The fourth-order valence-electron chi connectivity index (χ4n) is 1.77. The minimum Gasteiger partial charge on any atom is -0.366 e. The Morgan fingerprint density at radius 1 is 1.29 bits per heavy atom. The van der Waals surface area contributed by atoms with Gasteiger partial charge in [-0.15, -0.1) is 0 Å². The maximum Gasteiger partial charge on any atom is 0.250 e. The summed E-state index contributed by atoms with van der Waals surface area (Å²) in [7, 11) is 0. The summed E-state index contributed by atoms with van der Waals surface area (Å²) in [6, 6.07) is 3.42. The number of hydrogen-bond acceptors (Lipinski definition) is 4. The average Bonchev–Trinajstić information content (AvgIpc) is 2.58. The molecule has 2 aromatic rings. The minimum atomic E-state index is -0.507. The predicted molar refractivity (Wildman–Crippen MR) is 62.5 cm³/mol. The van der Waals surface area contributed by atoms with Gasteiger partial charge >= 0.3 is 0 Å². The van der Waals surface area contributed by atoms with Crippen LogP contribution in [0.4, 0.5) is 0 Å². The van der Waals surface area contributed by atoms with Crippen LogP contribution in [0.5, 0.6) is 0 Å². The number of carbonyl (C=O) groups excluding carboxylic acids is 1. The van der Waals surface area contributed by atoms with Crippen LogP contribution in [0.2, 0.25) is 0 Å². The molecule has 17 heavy (non-hydrogen) atoms. The lowest BCUT2D eigenvalue weighted by atomic mass is 10.0. The minimum absolute atomic E-state index is 0.380. The van der Waals surface area contributed by atoms with Gasteiger partial charge in [-0.3, -0.25) is 9.78 Å². The summed E-state index contributed by atoms with van der Waals surface area (Å²) in [4.78, 5) is 15.7. The summed E-state index contributed by atoms with van der Waals surface area (Å²) < 4.78 is 5.08. The molecular formula is C12H13N3O2. The SMILES string of the molecule is Cc1ccc(C(N)=O)c(-c2c(C)noc2C)n1. The number of nitrogens with two attached hydrogens (primary N) is 1. The summed E-state index contributed by atoms with van der Waals surface area (Å²) in [5, 5.41) is 3.86. The van der Waals surface area contributed by atoms with Crippen LogP contribution < -0.4 is 5.73 Å². The normalized spacial score (nSPS) is 10.5. The number of primary amides is 1. The van der Waals surface area contributed by atoms with E-state index >= 15 is 0 Å². The summed E-state index contributed by atoms with van der Waals surface area (Å²) in [5.74, 6) is 0.121. The van der Waals surface area contributed by atoms with Gasteiger partial charge in [0.15, 0.2) is 0 Å².